The van der Waals surface area contributed by atoms with Gasteiger partial charge in [0.2, 0.25) is 0 Å². The number of ether oxygens (including phenoxy) is 1. The maximum absolute atomic E-state index is 12.4. The second-order valence-corrected chi connectivity index (χ2v) is 6.60. The van der Waals surface area contributed by atoms with E-state index < -0.39 is 6.03 Å². The number of amides is 2. The Balaban J connectivity index is 1.27. The minimum absolute atomic E-state index is 0.132. The first-order valence-electron chi connectivity index (χ1n) is 9.46. The van der Waals surface area contributed by atoms with Crippen molar-refractivity contribution in [1.82, 2.24) is 14.7 Å². The highest BCUT2D eigenvalue weighted by Gasteiger charge is 2.13. The van der Waals surface area contributed by atoms with Crippen LogP contribution < -0.4 is 15.4 Å². The first-order chi connectivity index (χ1) is 14.7. The second kappa shape index (κ2) is 8.91. The molecule has 0 aliphatic heterocycles. The maximum atomic E-state index is 12.4. The lowest BCUT2D eigenvalue weighted by molar-refractivity contribution is 0.0987. The number of hydrogen-bond acceptors (Lipinski definition) is 4. The van der Waals surface area contributed by atoms with E-state index in [9.17, 15) is 9.59 Å². The number of imidazole rings is 1. The molecule has 0 bridgehead atoms. The highest BCUT2D eigenvalue weighted by molar-refractivity contribution is 6.00. The predicted octanol–water partition coefficient (Wildman–Crippen LogP) is 3.92. The number of anilines is 1. The highest BCUT2D eigenvalue weighted by Crippen LogP contribution is 2.17. The molecule has 0 aliphatic carbocycles. The van der Waals surface area contributed by atoms with E-state index in [4.69, 9.17) is 4.74 Å². The van der Waals surface area contributed by atoms with Crippen LogP contribution in [0.15, 0.2) is 85.2 Å². The molecule has 0 radical (unpaired) electrons. The minimum Gasteiger partial charge on any atom is -0.489 e. The Bertz CT molecular complexity index is 1150. The van der Waals surface area contributed by atoms with Crippen molar-refractivity contribution in [2.45, 2.75) is 6.61 Å². The summed E-state index contributed by atoms with van der Waals surface area (Å²) in [5.74, 6) is 0.473. The molecule has 0 aliphatic rings. The Kier molecular flexibility index (Phi) is 5.70. The Morgan fingerprint density at radius 2 is 1.70 bits per heavy atom. The van der Waals surface area contributed by atoms with Gasteiger partial charge in [-0.2, -0.15) is 0 Å². The topological polar surface area (TPSA) is 84.7 Å². The third-order valence-electron chi connectivity index (χ3n) is 4.47. The molecule has 0 spiro atoms. The Labute approximate surface area is 173 Å². The van der Waals surface area contributed by atoms with Crippen molar-refractivity contribution in [3.05, 3.63) is 96.4 Å². The number of ketones is 1. The average molecular weight is 400 g/mol. The number of benzene rings is 2. The monoisotopic (exact) mass is 400 g/mol. The van der Waals surface area contributed by atoms with E-state index in [2.05, 4.69) is 15.6 Å². The molecule has 2 heterocycles. The predicted molar refractivity (Wildman–Crippen MR) is 114 cm³/mol. The molecule has 0 atom stereocenters. The van der Waals surface area contributed by atoms with Crippen LogP contribution in [-0.4, -0.2) is 27.7 Å². The summed E-state index contributed by atoms with van der Waals surface area (Å²) in [4.78, 5) is 28.7. The minimum atomic E-state index is -0.463. The van der Waals surface area contributed by atoms with E-state index in [0.29, 0.717) is 29.4 Å². The van der Waals surface area contributed by atoms with Crippen LogP contribution in [0.2, 0.25) is 0 Å². The molecule has 0 saturated heterocycles. The Hall–Kier alpha value is -4.13. The molecule has 150 valence electrons. The van der Waals surface area contributed by atoms with E-state index in [1.807, 2.05) is 48.5 Å². The van der Waals surface area contributed by atoms with Gasteiger partial charge in [-0.05, 0) is 42.0 Å². The number of aromatic nitrogens is 2. The van der Waals surface area contributed by atoms with Gasteiger partial charge in [0.1, 0.15) is 23.7 Å². The number of nitrogens with zero attached hydrogens (tertiary/aromatic N) is 2. The summed E-state index contributed by atoms with van der Waals surface area (Å²) in [7, 11) is 0. The normalized spacial score (nSPS) is 10.5. The van der Waals surface area contributed by atoms with E-state index in [0.717, 1.165) is 5.56 Å². The lowest BCUT2D eigenvalue weighted by Crippen LogP contribution is -2.33. The molecule has 7 heteroatoms. The molecular formula is C23H20N4O3. The van der Waals surface area contributed by atoms with Crippen LogP contribution in [0.5, 0.6) is 5.75 Å². The van der Waals surface area contributed by atoms with Gasteiger partial charge in [0.25, 0.3) is 0 Å². The quantitative estimate of drug-likeness (QED) is 0.461. The summed E-state index contributed by atoms with van der Waals surface area (Å²) in [6.07, 6.45) is 3.27. The summed E-state index contributed by atoms with van der Waals surface area (Å²) in [5, 5.41) is 5.27. The van der Waals surface area contributed by atoms with Crippen molar-refractivity contribution in [2.24, 2.45) is 0 Å². The summed E-state index contributed by atoms with van der Waals surface area (Å²) >= 11 is 0. The summed E-state index contributed by atoms with van der Waals surface area (Å²) < 4.78 is 7.42. The van der Waals surface area contributed by atoms with Gasteiger partial charge in [0, 0.05) is 11.9 Å². The maximum Gasteiger partial charge on any atom is 0.319 e. The van der Waals surface area contributed by atoms with Gasteiger partial charge < -0.3 is 15.4 Å². The van der Waals surface area contributed by atoms with Gasteiger partial charge in [-0.25, -0.2) is 9.78 Å². The number of urea groups is 1. The van der Waals surface area contributed by atoms with Gasteiger partial charge in [0.15, 0.2) is 5.78 Å². The SMILES string of the molecule is O=C(NCC(=O)c1cnc2ccccn12)Nc1ccc(OCc2ccccc2)cc1. The van der Waals surface area contributed by atoms with Gasteiger partial charge >= 0.3 is 6.03 Å². The van der Waals surface area contributed by atoms with Crippen molar-refractivity contribution in [3.8, 4) is 5.75 Å². The fourth-order valence-electron chi connectivity index (χ4n) is 2.94. The largest absolute Gasteiger partial charge is 0.489 e. The molecule has 2 aromatic heterocycles. The number of pyridine rings is 1. The van der Waals surface area contributed by atoms with Crippen LogP contribution in [0.25, 0.3) is 5.65 Å². The van der Waals surface area contributed by atoms with Crippen LogP contribution in [0.4, 0.5) is 10.5 Å². The Morgan fingerprint density at radius 1 is 0.933 bits per heavy atom. The number of Topliss-reactive ketones (excluding diaryl/α,β-unsaturated/α-hetero) is 1. The lowest BCUT2D eigenvalue weighted by atomic mass is 10.2. The first kappa shape index (κ1) is 19.2. The standard InChI is InChI=1S/C23H20N4O3/c28-21(20-14-24-22-8-4-5-13-27(20)22)15-25-23(29)26-18-9-11-19(12-10-18)30-16-17-6-2-1-3-7-17/h1-14H,15-16H2,(H2,25,26,29). The number of carbonyl (C=O) groups is 2. The third-order valence-corrected chi connectivity index (χ3v) is 4.47. The van der Waals surface area contributed by atoms with Crippen LogP contribution in [0.3, 0.4) is 0 Å². The van der Waals surface area contributed by atoms with Crippen LogP contribution in [0.1, 0.15) is 16.1 Å². The molecule has 0 saturated carbocycles. The van der Waals surface area contributed by atoms with E-state index in [-0.39, 0.29) is 12.3 Å². The molecule has 2 amide bonds. The molecule has 0 unspecified atom stereocenters. The molecule has 30 heavy (non-hydrogen) atoms. The van der Waals surface area contributed by atoms with Gasteiger partial charge in [0.05, 0.1) is 12.7 Å². The molecule has 2 aromatic carbocycles. The van der Waals surface area contributed by atoms with Gasteiger partial charge in [-0.15, -0.1) is 0 Å². The number of fused-ring (bicyclic) bond motifs is 1. The zero-order chi connectivity index (χ0) is 20.8. The molecular weight excluding hydrogens is 380 g/mol. The molecule has 4 rings (SSSR count). The zero-order valence-electron chi connectivity index (χ0n) is 16.1. The Morgan fingerprint density at radius 3 is 2.50 bits per heavy atom. The van der Waals surface area contributed by atoms with Crippen molar-refractivity contribution in [1.29, 1.82) is 0 Å². The van der Waals surface area contributed by atoms with Crippen molar-refractivity contribution >= 4 is 23.1 Å². The fourth-order valence-corrected chi connectivity index (χ4v) is 2.94. The van der Waals surface area contributed by atoms with Crippen molar-refractivity contribution < 1.29 is 14.3 Å². The number of hydrogen-bond donors (Lipinski definition) is 2. The molecule has 7 nitrogen and oxygen atoms in total. The van der Waals surface area contributed by atoms with Crippen molar-refractivity contribution in [2.75, 3.05) is 11.9 Å². The van der Waals surface area contributed by atoms with Gasteiger partial charge in [-0.3, -0.25) is 9.20 Å². The fraction of sp³-hybridized carbons (Fsp3) is 0.0870. The number of nitrogens with one attached hydrogen (secondary N) is 2. The van der Waals surface area contributed by atoms with Gasteiger partial charge in [-0.1, -0.05) is 36.4 Å². The van der Waals surface area contributed by atoms with E-state index >= 15 is 0 Å². The number of rotatable bonds is 7. The third kappa shape index (κ3) is 4.64. The van der Waals surface area contributed by atoms with Crippen LogP contribution in [-0.2, 0) is 6.61 Å². The molecule has 0 fully saturated rings. The number of carbonyl (C=O) groups excluding carboxylic acids is 2. The summed E-state index contributed by atoms with van der Waals surface area (Å²) in [6.45, 7) is 0.340. The smallest absolute Gasteiger partial charge is 0.319 e. The van der Waals surface area contributed by atoms with Crippen LogP contribution >= 0.6 is 0 Å². The molecule has 2 N–H and O–H groups in total. The first-order valence-corrected chi connectivity index (χ1v) is 9.46. The van der Waals surface area contributed by atoms with E-state index in [1.165, 1.54) is 6.20 Å². The van der Waals surface area contributed by atoms with E-state index in [1.54, 1.807) is 34.9 Å². The highest BCUT2D eigenvalue weighted by atomic mass is 16.5. The van der Waals surface area contributed by atoms with Crippen molar-refractivity contribution in [3.63, 3.8) is 0 Å². The summed E-state index contributed by atoms with van der Waals surface area (Å²) in [6, 6.07) is 21.9. The second-order valence-electron chi connectivity index (χ2n) is 6.60. The molecule has 4 aromatic rings. The average Bonchev–Trinajstić information content (AvgIpc) is 3.22. The lowest BCUT2D eigenvalue weighted by Gasteiger charge is -2.09. The zero-order valence-corrected chi connectivity index (χ0v) is 16.1. The summed E-state index contributed by atoms with van der Waals surface area (Å²) in [5.41, 5.74) is 2.78. The van der Waals surface area contributed by atoms with Crippen LogP contribution in [0, 0.1) is 0 Å².